The molecule has 8 nitrogen and oxygen atoms in total. The number of nitrogens with one attached hydrogen (secondary N) is 1. The number of amides is 2. The van der Waals surface area contributed by atoms with Gasteiger partial charge in [-0.3, -0.25) is 9.59 Å². The van der Waals surface area contributed by atoms with Crippen molar-refractivity contribution in [1.29, 1.82) is 0 Å². The molecule has 1 heterocycles. The summed E-state index contributed by atoms with van der Waals surface area (Å²) < 4.78 is 21.4. The summed E-state index contributed by atoms with van der Waals surface area (Å²) in [5.41, 5.74) is 2.15. The molecule has 172 valence electrons. The van der Waals surface area contributed by atoms with E-state index in [4.69, 9.17) is 18.9 Å². The third kappa shape index (κ3) is 4.90. The van der Waals surface area contributed by atoms with Crippen LogP contribution in [0.2, 0.25) is 0 Å². The number of hydrogen-bond donors (Lipinski definition) is 1. The quantitative estimate of drug-likeness (QED) is 0.706. The molecular weight excluding hydrogens is 412 g/mol. The predicted molar refractivity (Wildman–Crippen MR) is 121 cm³/mol. The number of anilines is 1. The van der Waals surface area contributed by atoms with E-state index >= 15 is 0 Å². The topological polar surface area (TPSA) is 86.3 Å². The fourth-order valence-electron chi connectivity index (χ4n) is 3.89. The number of ether oxygens (including phenoxy) is 4. The molecule has 1 N–H and O–H groups in total. The maximum absolute atomic E-state index is 13.1. The van der Waals surface area contributed by atoms with Crippen LogP contribution in [0.15, 0.2) is 30.3 Å². The second-order valence-electron chi connectivity index (χ2n) is 7.67. The maximum atomic E-state index is 13.1. The standard InChI is InChI=1S/C24H30N2O6/c1-15-6-7-19(29-2)18(12-15)25-23(27)16-8-10-26(11-9-16)24(28)17-13-20(30-3)22(32-5)21(14-17)31-4/h6-7,12-14,16H,8-11H2,1-5H3,(H,25,27). The Kier molecular flexibility index (Phi) is 7.45. The second kappa shape index (κ2) is 10.3. The molecule has 1 aliphatic heterocycles. The fourth-order valence-corrected chi connectivity index (χ4v) is 3.89. The van der Waals surface area contributed by atoms with Gasteiger partial charge < -0.3 is 29.2 Å². The molecule has 2 aromatic rings. The van der Waals surface area contributed by atoms with Gasteiger partial charge in [-0.05, 0) is 49.6 Å². The van der Waals surface area contributed by atoms with E-state index in [0.29, 0.717) is 60.2 Å². The predicted octanol–water partition coefficient (Wildman–Crippen LogP) is 3.52. The number of rotatable bonds is 7. The number of benzene rings is 2. The minimum atomic E-state index is -0.177. The lowest BCUT2D eigenvalue weighted by Crippen LogP contribution is -2.41. The first-order valence-electron chi connectivity index (χ1n) is 10.5. The van der Waals surface area contributed by atoms with Gasteiger partial charge in [0.2, 0.25) is 11.7 Å². The van der Waals surface area contributed by atoms with E-state index in [1.807, 2.05) is 25.1 Å². The molecule has 1 saturated heterocycles. The van der Waals surface area contributed by atoms with Gasteiger partial charge >= 0.3 is 0 Å². The largest absolute Gasteiger partial charge is 0.495 e. The molecule has 0 radical (unpaired) electrons. The number of nitrogens with zero attached hydrogens (tertiary/aromatic N) is 1. The van der Waals surface area contributed by atoms with E-state index in [1.54, 1.807) is 24.1 Å². The normalized spacial score (nSPS) is 14.0. The average Bonchev–Trinajstić information content (AvgIpc) is 2.82. The Morgan fingerprint density at radius 3 is 2.00 bits per heavy atom. The second-order valence-corrected chi connectivity index (χ2v) is 7.67. The van der Waals surface area contributed by atoms with Crippen molar-refractivity contribution >= 4 is 17.5 Å². The molecule has 0 atom stereocenters. The smallest absolute Gasteiger partial charge is 0.254 e. The Morgan fingerprint density at radius 2 is 1.47 bits per heavy atom. The van der Waals surface area contributed by atoms with Crippen LogP contribution in [0.1, 0.15) is 28.8 Å². The average molecular weight is 443 g/mol. The summed E-state index contributed by atoms with van der Waals surface area (Å²) in [4.78, 5) is 27.6. The summed E-state index contributed by atoms with van der Waals surface area (Å²) in [6.07, 6.45) is 1.16. The van der Waals surface area contributed by atoms with Crippen molar-refractivity contribution < 1.29 is 28.5 Å². The molecule has 0 aliphatic carbocycles. The number of carbonyl (C=O) groups is 2. The minimum absolute atomic E-state index is 0.0613. The molecule has 0 saturated carbocycles. The molecule has 0 unspecified atom stereocenters. The first-order valence-corrected chi connectivity index (χ1v) is 10.5. The molecule has 8 heteroatoms. The number of methoxy groups -OCH3 is 4. The molecule has 1 aliphatic rings. The first-order chi connectivity index (χ1) is 15.4. The van der Waals surface area contributed by atoms with E-state index in [9.17, 15) is 9.59 Å². The highest BCUT2D eigenvalue weighted by Crippen LogP contribution is 2.38. The highest BCUT2D eigenvalue weighted by molar-refractivity contribution is 5.97. The van der Waals surface area contributed by atoms with Gasteiger partial charge in [0.1, 0.15) is 5.75 Å². The van der Waals surface area contributed by atoms with Crippen LogP contribution in [0.25, 0.3) is 0 Å². The zero-order chi connectivity index (χ0) is 23.3. The van der Waals surface area contributed by atoms with Crippen LogP contribution in [0.4, 0.5) is 5.69 Å². The lowest BCUT2D eigenvalue weighted by molar-refractivity contribution is -0.121. The summed E-state index contributed by atoms with van der Waals surface area (Å²) in [7, 11) is 6.12. The third-order valence-corrected chi connectivity index (χ3v) is 5.68. The summed E-state index contributed by atoms with van der Waals surface area (Å²) in [6.45, 7) is 2.93. The summed E-state index contributed by atoms with van der Waals surface area (Å²) in [5, 5.41) is 2.98. The van der Waals surface area contributed by atoms with E-state index < -0.39 is 0 Å². The molecular formula is C24H30N2O6. The lowest BCUT2D eigenvalue weighted by atomic mass is 9.95. The van der Waals surface area contributed by atoms with Gasteiger partial charge in [-0.15, -0.1) is 0 Å². The van der Waals surface area contributed by atoms with Gasteiger partial charge in [0.25, 0.3) is 5.91 Å². The van der Waals surface area contributed by atoms with Gasteiger partial charge in [0.05, 0.1) is 34.1 Å². The summed E-state index contributed by atoms with van der Waals surface area (Å²) >= 11 is 0. The van der Waals surface area contributed by atoms with Gasteiger partial charge in [-0.25, -0.2) is 0 Å². The van der Waals surface area contributed by atoms with Crippen LogP contribution in [-0.4, -0.2) is 58.2 Å². The number of aryl methyl sites for hydroxylation is 1. The van der Waals surface area contributed by atoms with Crippen LogP contribution in [0.3, 0.4) is 0 Å². The number of hydrogen-bond acceptors (Lipinski definition) is 6. The molecule has 0 bridgehead atoms. The molecule has 32 heavy (non-hydrogen) atoms. The molecule has 2 amide bonds. The Hall–Kier alpha value is -3.42. The Bertz CT molecular complexity index is 957. The van der Waals surface area contributed by atoms with Gasteiger partial charge in [0, 0.05) is 24.6 Å². The zero-order valence-electron chi connectivity index (χ0n) is 19.2. The highest BCUT2D eigenvalue weighted by Gasteiger charge is 2.29. The van der Waals surface area contributed by atoms with Crippen molar-refractivity contribution in [3.63, 3.8) is 0 Å². The number of carbonyl (C=O) groups excluding carboxylic acids is 2. The fraction of sp³-hybridized carbons (Fsp3) is 0.417. The Labute approximate surface area is 188 Å². The minimum Gasteiger partial charge on any atom is -0.495 e. The van der Waals surface area contributed by atoms with E-state index in [2.05, 4.69) is 5.32 Å². The van der Waals surface area contributed by atoms with Crippen molar-refractivity contribution in [1.82, 2.24) is 4.90 Å². The van der Waals surface area contributed by atoms with Crippen molar-refractivity contribution in [3.8, 4) is 23.0 Å². The van der Waals surface area contributed by atoms with Crippen molar-refractivity contribution in [3.05, 3.63) is 41.5 Å². The third-order valence-electron chi connectivity index (χ3n) is 5.68. The summed E-state index contributed by atoms with van der Waals surface area (Å²) in [6, 6.07) is 8.95. The summed E-state index contributed by atoms with van der Waals surface area (Å²) in [5.74, 6) is 1.54. The van der Waals surface area contributed by atoms with E-state index in [1.165, 1.54) is 21.3 Å². The highest BCUT2D eigenvalue weighted by atomic mass is 16.5. The van der Waals surface area contributed by atoms with Crippen molar-refractivity contribution in [2.45, 2.75) is 19.8 Å². The van der Waals surface area contributed by atoms with Gasteiger partial charge in [-0.1, -0.05) is 6.07 Å². The number of likely N-dealkylation sites (tertiary alicyclic amines) is 1. The van der Waals surface area contributed by atoms with E-state index in [0.717, 1.165) is 5.56 Å². The Balaban J connectivity index is 1.66. The molecule has 3 rings (SSSR count). The zero-order valence-corrected chi connectivity index (χ0v) is 19.2. The van der Waals surface area contributed by atoms with Crippen LogP contribution >= 0.6 is 0 Å². The van der Waals surface area contributed by atoms with Crippen molar-refractivity contribution in [2.75, 3.05) is 46.8 Å². The molecule has 0 spiro atoms. The van der Waals surface area contributed by atoms with Crippen LogP contribution in [-0.2, 0) is 4.79 Å². The lowest BCUT2D eigenvalue weighted by Gasteiger charge is -2.31. The van der Waals surface area contributed by atoms with Crippen LogP contribution in [0.5, 0.6) is 23.0 Å². The SMILES string of the molecule is COc1ccc(C)cc1NC(=O)C1CCN(C(=O)c2cc(OC)c(OC)c(OC)c2)CC1. The Morgan fingerprint density at radius 1 is 0.875 bits per heavy atom. The molecule has 2 aromatic carbocycles. The maximum Gasteiger partial charge on any atom is 0.254 e. The van der Waals surface area contributed by atoms with Crippen molar-refractivity contribution in [2.24, 2.45) is 5.92 Å². The first kappa shape index (κ1) is 23.2. The van der Waals surface area contributed by atoms with Gasteiger partial charge in [-0.2, -0.15) is 0 Å². The van der Waals surface area contributed by atoms with Crippen LogP contribution in [0, 0.1) is 12.8 Å². The monoisotopic (exact) mass is 442 g/mol. The molecule has 0 aromatic heterocycles. The van der Waals surface area contributed by atoms with Gasteiger partial charge in [0.15, 0.2) is 11.5 Å². The van der Waals surface area contributed by atoms with Crippen LogP contribution < -0.4 is 24.3 Å². The van der Waals surface area contributed by atoms with E-state index in [-0.39, 0.29) is 17.7 Å². The number of piperidine rings is 1. The molecule has 1 fully saturated rings.